The van der Waals surface area contributed by atoms with Gasteiger partial charge in [-0.05, 0) is 58.0 Å². The highest BCUT2D eigenvalue weighted by atomic mass is 32.2. The molecule has 2 atom stereocenters. The average molecular weight is 573 g/mol. The van der Waals surface area contributed by atoms with Gasteiger partial charge in [0.1, 0.15) is 21.9 Å². The number of para-hydroxylation sites is 1. The maximum absolute atomic E-state index is 6.72. The first-order chi connectivity index (χ1) is 21.3. The van der Waals surface area contributed by atoms with Crippen LogP contribution in [0.1, 0.15) is 34.2 Å². The van der Waals surface area contributed by atoms with Crippen LogP contribution in [0.5, 0.6) is 11.5 Å². The molecule has 0 aromatic heterocycles. The van der Waals surface area contributed by atoms with Crippen LogP contribution >= 0.6 is 11.8 Å². The Morgan fingerprint density at radius 2 is 1.35 bits per heavy atom. The van der Waals surface area contributed by atoms with Crippen LogP contribution < -0.4 is 10.2 Å². The molecule has 0 radical (unpaired) electrons. The number of ether oxygens (including phenoxy) is 1. The Hall–Kier alpha value is -4.80. The highest BCUT2D eigenvalue weighted by molar-refractivity contribution is 8.15. The number of hydrogen-bond donors (Lipinski definition) is 1. The zero-order valence-corrected chi connectivity index (χ0v) is 24.2. The quantitative estimate of drug-likeness (QED) is 0.229. The van der Waals surface area contributed by atoms with Crippen molar-refractivity contribution in [3.63, 3.8) is 0 Å². The molecule has 0 amide bonds. The molecule has 3 nitrogen and oxygen atoms in total. The molecule has 4 aliphatic rings. The van der Waals surface area contributed by atoms with Gasteiger partial charge in [0.25, 0.3) is 0 Å². The average Bonchev–Trinajstić information content (AvgIpc) is 3.68. The molecule has 2 heterocycles. The number of allylic oxidation sites excluding steroid dienone is 3. The minimum Gasteiger partial charge on any atom is -0.457 e. The van der Waals surface area contributed by atoms with E-state index >= 15 is 0 Å². The fourth-order valence-electron chi connectivity index (χ4n) is 7.31. The summed E-state index contributed by atoms with van der Waals surface area (Å²) in [4.78, 5) is 0. The molecule has 2 aliphatic carbocycles. The molecule has 0 saturated carbocycles. The predicted molar refractivity (Wildman–Crippen MR) is 177 cm³/mol. The lowest BCUT2D eigenvalue weighted by Gasteiger charge is -2.39. The van der Waals surface area contributed by atoms with E-state index < -0.39 is 5.41 Å². The summed E-state index contributed by atoms with van der Waals surface area (Å²) in [5, 5.41) is 6.02. The van der Waals surface area contributed by atoms with Crippen LogP contribution in [0, 0.1) is 5.92 Å². The normalized spacial score (nSPS) is 20.0. The van der Waals surface area contributed by atoms with Gasteiger partial charge < -0.3 is 4.74 Å². The summed E-state index contributed by atoms with van der Waals surface area (Å²) in [6.45, 7) is 0. The van der Waals surface area contributed by atoms with E-state index in [0.29, 0.717) is 5.92 Å². The molecule has 2 unspecified atom stereocenters. The van der Waals surface area contributed by atoms with Gasteiger partial charge in [-0.3, -0.25) is 5.43 Å². The highest BCUT2D eigenvalue weighted by Crippen LogP contribution is 2.62. The minimum atomic E-state index is -0.434. The van der Waals surface area contributed by atoms with Gasteiger partial charge in [0.15, 0.2) is 0 Å². The molecule has 206 valence electrons. The topological polar surface area (TPSA) is 33.6 Å². The van der Waals surface area contributed by atoms with Gasteiger partial charge in [0, 0.05) is 22.6 Å². The van der Waals surface area contributed by atoms with E-state index in [9.17, 15) is 0 Å². The number of thioether (sulfide) groups is 1. The van der Waals surface area contributed by atoms with Crippen molar-refractivity contribution in [2.75, 3.05) is 0 Å². The molecular formula is C39H28N2OS. The number of nitrogens with zero attached hydrogens (tertiary/aromatic N) is 1. The second kappa shape index (κ2) is 9.62. The molecule has 0 bridgehead atoms. The van der Waals surface area contributed by atoms with Crippen molar-refractivity contribution in [2.24, 2.45) is 11.0 Å². The molecule has 1 N–H and O–H groups in total. The van der Waals surface area contributed by atoms with Crippen LogP contribution in [0.3, 0.4) is 0 Å². The third kappa shape index (κ3) is 3.66. The molecule has 0 fully saturated rings. The Bertz CT molecular complexity index is 1980. The van der Waals surface area contributed by atoms with E-state index in [0.717, 1.165) is 39.7 Å². The molecule has 5 aromatic carbocycles. The first-order valence-electron chi connectivity index (χ1n) is 14.9. The fourth-order valence-corrected chi connectivity index (χ4v) is 8.40. The minimum absolute atomic E-state index is 0.255. The van der Waals surface area contributed by atoms with Gasteiger partial charge in [-0.25, -0.2) is 0 Å². The zero-order valence-electron chi connectivity index (χ0n) is 23.4. The Kier molecular flexibility index (Phi) is 5.54. The highest BCUT2D eigenvalue weighted by Gasteiger charge is 2.50. The Morgan fingerprint density at radius 3 is 2.14 bits per heavy atom. The lowest BCUT2D eigenvalue weighted by atomic mass is 9.66. The van der Waals surface area contributed by atoms with Gasteiger partial charge >= 0.3 is 0 Å². The van der Waals surface area contributed by atoms with Crippen LogP contribution in [0.4, 0.5) is 0 Å². The predicted octanol–water partition coefficient (Wildman–Crippen LogP) is 9.28. The monoisotopic (exact) mass is 572 g/mol. The molecule has 5 aromatic rings. The molecule has 9 rings (SSSR count). The largest absolute Gasteiger partial charge is 0.457 e. The standard InChI is InChI=1S/C39H28N2OS/c1-2-11-25(12-3-1)37-40-41-38(43-37)28-14-10-13-26(23-28)27-21-22-34-36(24-27)42-35-20-9-8-19-33(35)39(34)31-17-6-4-15-29(31)30-16-5-7-18-32(30)39/h1-11,13-25,37,40H,12H2. The lowest BCUT2D eigenvalue weighted by molar-refractivity contribution is 0.436. The third-order valence-electron chi connectivity index (χ3n) is 9.23. The number of hydrazone groups is 1. The van der Waals surface area contributed by atoms with Crippen LogP contribution in [-0.2, 0) is 5.41 Å². The van der Waals surface area contributed by atoms with Gasteiger partial charge in [0.2, 0.25) is 0 Å². The van der Waals surface area contributed by atoms with Crippen molar-refractivity contribution in [2.45, 2.75) is 17.2 Å². The summed E-state index contributed by atoms with van der Waals surface area (Å²) in [6, 6.07) is 41.7. The maximum Gasteiger partial charge on any atom is 0.132 e. The van der Waals surface area contributed by atoms with E-state index in [1.54, 1.807) is 0 Å². The second-order valence-corrected chi connectivity index (χ2v) is 12.7. The first-order valence-corrected chi connectivity index (χ1v) is 15.7. The van der Waals surface area contributed by atoms with Gasteiger partial charge in [-0.1, -0.05) is 133 Å². The molecule has 2 aliphatic heterocycles. The third-order valence-corrected chi connectivity index (χ3v) is 10.5. The molecule has 4 heteroatoms. The second-order valence-electron chi connectivity index (χ2n) is 11.5. The molecular weight excluding hydrogens is 545 g/mol. The van der Waals surface area contributed by atoms with E-state index in [1.165, 1.54) is 33.4 Å². The van der Waals surface area contributed by atoms with Crippen LogP contribution in [-0.4, -0.2) is 10.4 Å². The van der Waals surface area contributed by atoms with Crippen molar-refractivity contribution >= 4 is 16.8 Å². The SMILES string of the molecule is C1=CCC(C2NN=C(c3cccc(-c4ccc5c(c4)Oc4ccccc4C54c5ccccc5-c5ccccc54)c3)S2)C=C1. The van der Waals surface area contributed by atoms with Crippen molar-refractivity contribution < 1.29 is 4.74 Å². The molecule has 0 saturated heterocycles. The number of nitrogens with one attached hydrogen (secondary N) is 1. The number of benzene rings is 5. The summed E-state index contributed by atoms with van der Waals surface area (Å²) in [5.74, 6) is 2.26. The Balaban J connectivity index is 1.14. The smallest absolute Gasteiger partial charge is 0.132 e. The van der Waals surface area contributed by atoms with Crippen molar-refractivity contribution in [3.05, 3.63) is 167 Å². The van der Waals surface area contributed by atoms with E-state index in [-0.39, 0.29) is 5.37 Å². The van der Waals surface area contributed by atoms with Crippen molar-refractivity contribution in [3.8, 4) is 33.8 Å². The van der Waals surface area contributed by atoms with Gasteiger partial charge in [-0.15, -0.1) is 0 Å². The van der Waals surface area contributed by atoms with Crippen molar-refractivity contribution in [1.82, 2.24) is 5.43 Å². The van der Waals surface area contributed by atoms with E-state index in [2.05, 4.69) is 145 Å². The van der Waals surface area contributed by atoms with Gasteiger partial charge in [0.05, 0.1) is 5.41 Å². The molecule has 1 spiro atoms. The maximum atomic E-state index is 6.72. The van der Waals surface area contributed by atoms with Crippen LogP contribution in [0.15, 0.2) is 145 Å². The Morgan fingerprint density at radius 1 is 0.651 bits per heavy atom. The summed E-state index contributed by atoms with van der Waals surface area (Å²) >= 11 is 1.82. The summed E-state index contributed by atoms with van der Waals surface area (Å²) in [5.41, 5.74) is 13.9. The molecule has 43 heavy (non-hydrogen) atoms. The lowest BCUT2D eigenvalue weighted by Crippen LogP contribution is -2.32. The Labute approximate surface area is 255 Å². The van der Waals surface area contributed by atoms with Crippen LogP contribution in [0.25, 0.3) is 22.3 Å². The van der Waals surface area contributed by atoms with Gasteiger partial charge in [-0.2, -0.15) is 5.10 Å². The summed E-state index contributed by atoms with van der Waals surface area (Å²) in [6.07, 6.45) is 9.80. The van der Waals surface area contributed by atoms with E-state index in [1.807, 2.05) is 11.8 Å². The fraction of sp³-hybridized carbons (Fsp3) is 0.103. The van der Waals surface area contributed by atoms with Crippen LogP contribution in [0.2, 0.25) is 0 Å². The van der Waals surface area contributed by atoms with E-state index in [4.69, 9.17) is 9.84 Å². The van der Waals surface area contributed by atoms with Crippen molar-refractivity contribution in [1.29, 1.82) is 0 Å². The number of fused-ring (bicyclic) bond motifs is 9. The first kappa shape index (κ1) is 24.8. The summed E-state index contributed by atoms with van der Waals surface area (Å²) in [7, 11) is 0. The number of rotatable bonds is 3. The summed E-state index contributed by atoms with van der Waals surface area (Å²) < 4.78 is 6.72. The zero-order chi connectivity index (χ0) is 28.4. The number of hydrogen-bond acceptors (Lipinski definition) is 4.